The number of nitrogens with zero attached hydrogens (tertiary/aromatic N) is 3. The molecule has 0 saturated carbocycles. The van der Waals surface area contributed by atoms with Crippen molar-refractivity contribution >= 4 is 5.65 Å². The second-order valence-corrected chi connectivity index (χ2v) is 2.74. The van der Waals surface area contributed by atoms with E-state index < -0.39 is 0 Å². The van der Waals surface area contributed by atoms with E-state index in [1.165, 1.54) is 11.1 Å². The molecule has 3 heteroatoms. The Labute approximate surface area is 64.7 Å². The molecule has 0 bridgehead atoms. The van der Waals surface area contributed by atoms with Gasteiger partial charge in [-0.25, -0.2) is 0 Å². The summed E-state index contributed by atoms with van der Waals surface area (Å²) in [4.78, 5) is 0. The lowest BCUT2D eigenvalue weighted by Crippen LogP contribution is -1.87. The van der Waals surface area contributed by atoms with Crippen molar-refractivity contribution in [3.63, 3.8) is 0 Å². The van der Waals surface area contributed by atoms with Crippen LogP contribution in [0.2, 0.25) is 0 Å². The molecule has 0 N–H and O–H groups in total. The fraction of sp³-hybridized carbons (Fsp3) is 0.250. The lowest BCUT2D eigenvalue weighted by Gasteiger charge is -1.98. The predicted molar refractivity (Wildman–Crippen MR) is 42.5 cm³/mol. The first-order chi connectivity index (χ1) is 5.27. The van der Waals surface area contributed by atoms with Gasteiger partial charge >= 0.3 is 0 Å². The van der Waals surface area contributed by atoms with Gasteiger partial charge in [0.2, 0.25) is 0 Å². The summed E-state index contributed by atoms with van der Waals surface area (Å²) in [6.45, 7) is 4.15. The van der Waals surface area contributed by atoms with E-state index in [9.17, 15) is 0 Å². The van der Waals surface area contributed by atoms with Crippen LogP contribution in [-0.2, 0) is 0 Å². The Morgan fingerprint density at radius 3 is 2.91 bits per heavy atom. The zero-order valence-electron chi connectivity index (χ0n) is 6.57. The molecule has 0 aliphatic carbocycles. The minimum absolute atomic E-state index is 0.910. The third kappa shape index (κ3) is 0.888. The van der Waals surface area contributed by atoms with E-state index in [1.54, 1.807) is 6.33 Å². The molecule has 0 fully saturated rings. The third-order valence-corrected chi connectivity index (χ3v) is 1.90. The lowest BCUT2D eigenvalue weighted by molar-refractivity contribution is 1.10. The SMILES string of the molecule is Cc1cc2nncn2cc1C. The number of hydrogen-bond acceptors (Lipinski definition) is 2. The zero-order valence-corrected chi connectivity index (χ0v) is 6.57. The summed E-state index contributed by atoms with van der Waals surface area (Å²) >= 11 is 0. The maximum Gasteiger partial charge on any atom is 0.160 e. The number of pyridine rings is 1. The summed E-state index contributed by atoms with van der Waals surface area (Å²) in [5, 5.41) is 7.73. The molecule has 0 radical (unpaired) electrons. The van der Waals surface area contributed by atoms with Crippen LogP contribution in [0.15, 0.2) is 18.6 Å². The second kappa shape index (κ2) is 2.05. The van der Waals surface area contributed by atoms with Crippen molar-refractivity contribution in [1.29, 1.82) is 0 Å². The quantitative estimate of drug-likeness (QED) is 0.563. The number of rotatable bonds is 0. The maximum absolute atomic E-state index is 3.93. The van der Waals surface area contributed by atoms with Gasteiger partial charge in [0.05, 0.1) is 0 Å². The van der Waals surface area contributed by atoms with Crippen molar-refractivity contribution in [3.8, 4) is 0 Å². The average Bonchev–Trinajstić information content (AvgIpc) is 2.36. The monoisotopic (exact) mass is 147 g/mol. The summed E-state index contributed by atoms with van der Waals surface area (Å²) in [5.41, 5.74) is 3.43. The molecular weight excluding hydrogens is 138 g/mol. The highest BCUT2D eigenvalue weighted by atomic mass is 15.2. The summed E-state index contributed by atoms with van der Waals surface area (Å²) < 4.78 is 1.92. The lowest BCUT2D eigenvalue weighted by atomic mass is 10.2. The number of fused-ring (bicyclic) bond motifs is 1. The summed E-state index contributed by atoms with van der Waals surface area (Å²) in [6.07, 6.45) is 3.74. The topological polar surface area (TPSA) is 30.2 Å². The second-order valence-electron chi connectivity index (χ2n) is 2.74. The fourth-order valence-corrected chi connectivity index (χ4v) is 1.07. The van der Waals surface area contributed by atoms with Crippen molar-refractivity contribution in [2.75, 3.05) is 0 Å². The van der Waals surface area contributed by atoms with Crippen molar-refractivity contribution in [1.82, 2.24) is 14.6 Å². The van der Waals surface area contributed by atoms with Crippen molar-refractivity contribution in [2.24, 2.45) is 0 Å². The van der Waals surface area contributed by atoms with Crippen LogP contribution >= 0.6 is 0 Å². The van der Waals surface area contributed by atoms with Crippen LogP contribution in [0.1, 0.15) is 11.1 Å². The Kier molecular flexibility index (Phi) is 1.18. The summed E-state index contributed by atoms with van der Waals surface area (Å²) in [5.74, 6) is 0. The van der Waals surface area contributed by atoms with E-state index in [4.69, 9.17) is 0 Å². The van der Waals surface area contributed by atoms with Gasteiger partial charge in [0.1, 0.15) is 6.33 Å². The molecule has 2 aromatic rings. The standard InChI is InChI=1S/C8H9N3/c1-6-3-8-10-9-5-11(8)4-7(6)2/h3-5H,1-2H3. The van der Waals surface area contributed by atoms with E-state index >= 15 is 0 Å². The van der Waals surface area contributed by atoms with E-state index in [2.05, 4.69) is 24.0 Å². The first-order valence-corrected chi connectivity index (χ1v) is 3.54. The van der Waals surface area contributed by atoms with Crippen LogP contribution in [0.5, 0.6) is 0 Å². The molecule has 0 amide bonds. The smallest absolute Gasteiger partial charge is 0.160 e. The number of aryl methyl sites for hydroxylation is 2. The Bertz CT molecular complexity index is 353. The molecule has 56 valence electrons. The number of aromatic nitrogens is 3. The molecule has 2 rings (SSSR count). The van der Waals surface area contributed by atoms with Gasteiger partial charge in [0, 0.05) is 6.20 Å². The Morgan fingerprint density at radius 2 is 2.09 bits per heavy atom. The predicted octanol–water partition coefficient (Wildman–Crippen LogP) is 1.35. The van der Waals surface area contributed by atoms with Gasteiger partial charge in [-0.15, -0.1) is 10.2 Å². The maximum atomic E-state index is 3.93. The van der Waals surface area contributed by atoms with E-state index in [1.807, 2.05) is 16.7 Å². The molecule has 0 spiro atoms. The van der Waals surface area contributed by atoms with Crippen LogP contribution < -0.4 is 0 Å². The van der Waals surface area contributed by atoms with Crippen molar-refractivity contribution < 1.29 is 0 Å². The van der Waals surface area contributed by atoms with E-state index in [0.29, 0.717) is 0 Å². The minimum Gasteiger partial charge on any atom is -0.289 e. The summed E-state index contributed by atoms with van der Waals surface area (Å²) in [7, 11) is 0. The fourth-order valence-electron chi connectivity index (χ4n) is 1.07. The molecule has 11 heavy (non-hydrogen) atoms. The Balaban J connectivity index is 2.86. The van der Waals surface area contributed by atoms with E-state index in [0.717, 1.165) is 5.65 Å². The first kappa shape index (κ1) is 6.34. The highest BCUT2D eigenvalue weighted by molar-refractivity contribution is 5.42. The van der Waals surface area contributed by atoms with Crippen molar-refractivity contribution in [2.45, 2.75) is 13.8 Å². The molecule has 0 saturated heterocycles. The Morgan fingerprint density at radius 1 is 1.27 bits per heavy atom. The highest BCUT2D eigenvalue weighted by Gasteiger charge is 1.97. The summed E-state index contributed by atoms with van der Waals surface area (Å²) in [6, 6.07) is 2.03. The van der Waals surface area contributed by atoms with Gasteiger partial charge in [-0.3, -0.25) is 4.40 Å². The van der Waals surface area contributed by atoms with E-state index in [-0.39, 0.29) is 0 Å². The third-order valence-electron chi connectivity index (χ3n) is 1.90. The molecule has 3 nitrogen and oxygen atoms in total. The molecule has 0 aromatic carbocycles. The van der Waals surface area contributed by atoms with Gasteiger partial charge in [-0.1, -0.05) is 0 Å². The Hall–Kier alpha value is -1.38. The molecule has 0 aliphatic rings. The van der Waals surface area contributed by atoms with Crippen LogP contribution in [0.3, 0.4) is 0 Å². The van der Waals surface area contributed by atoms with Crippen LogP contribution in [0.4, 0.5) is 0 Å². The normalized spacial score (nSPS) is 10.7. The van der Waals surface area contributed by atoms with Crippen LogP contribution in [0.25, 0.3) is 5.65 Å². The van der Waals surface area contributed by atoms with Gasteiger partial charge in [-0.2, -0.15) is 0 Å². The van der Waals surface area contributed by atoms with Crippen molar-refractivity contribution in [3.05, 3.63) is 29.7 Å². The zero-order chi connectivity index (χ0) is 7.84. The van der Waals surface area contributed by atoms with Gasteiger partial charge < -0.3 is 0 Å². The molecule has 2 heterocycles. The first-order valence-electron chi connectivity index (χ1n) is 3.54. The molecule has 2 aromatic heterocycles. The highest BCUT2D eigenvalue weighted by Crippen LogP contribution is 2.08. The van der Waals surface area contributed by atoms with Gasteiger partial charge in [0.15, 0.2) is 5.65 Å². The molecule has 0 aliphatic heterocycles. The molecule has 0 atom stereocenters. The largest absolute Gasteiger partial charge is 0.289 e. The number of hydrogen-bond donors (Lipinski definition) is 0. The minimum atomic E-state index is 0.910. The average molecular weight is 147 g/mol. The van der Waals surface area contributed by atoms with Gasteiger partial charge in [0.25, 0.3) is 0 Å². The van der Waals surface area contributed by atoms with Gasteiger partial charge in [-0.05, 0) is 31.0 Å². The van der Waals surface area contributed by atoms with Crippen LogP contribution in [0, 0.1) is 13.8 Å². The van der Waals surface area contributed by atoms with Crippen LogP contribution in [-0.4, -0.2) is 14.6 Å². The molecular formula is C8H9N3. The molecule has 0 unspecified atom stereocenters.